The molecular formula is C8H6ClN3S2. The van der Waals surface area contributed by atoms with Crippen molar-refractivity contribution in [1.29, 1.82) is 0 Å². The van der Waals surface area contributed by atoms with Crippen LogP contribution in [0.4, 0.5) is 5.13 Å². The summed E-state index contributed by atoms with van der Waals surface area (Å²) in [6.45, 7) is 0. The molecule has 0 atom stereocenters. The highest BCUT2D eigenvalue weighted by molar-refractivity contribution is 7.80. The summed E-state index contributed by atoms with van der Waals surface area (Å²) in [4.78, 5) is 4.27. The quantitative estimate of drug-likeness (QED) is 0.756. The first-order valence-corrected chi connectivity index (χ1v) is 5.38. The molecule has 2 aromatic rings. The largest absolute Gasteiger partial charge is 0.376 e. The van der Waals surface area contributed by atoms with Crippen LogP contribution in [0.2, 0.25) is 5.02 Å². The fraction of sp³-hybridized carbons (Fsp3) is 0. The maximum Gasteiger partial charge on any atom is 0.190 e. The highest BCUT2D eigenvalue weighted by Crippen LogP contribution is 2.27. The molecule has 0 spiro atoms. The summed E-state index contributed by atoms with van der Waals surface area (Å²) in [6.07, 6.45) is 0. The van der Waals surface area contributed by atoms with E-state index >= 15 is 0 Å². The van der Waals surface area contributed by atoms with Gasteiger partial charge in [-0.1, -0.05) is 22.9 Å². The molecule has 0 fully saturated rings. The molecule has 0 bridgehead atoms. The molecule has 3 N–H and O–H groups in total. The van der Waals surface area contributed by atoms with Gasteiger partial charge >= 0.3 is 0 Å². The highest BCUT2D eigenvalue weighted by atomic mass is 35.5. The Labute approximate surface area is 94.9 Å². The lowest BCUT2D eigenvalue weighted by atomic mass is 10.3. The van der Waals surface area contributed by atoms with Crippen LogP contribution in [0.5, 0.6) is 0 Å². The molecule has 0 aliphatic carbocycles. The van der Waals surface area contributed by atoms with Crippen molar-refractivity contribution in [3.63, 3.8) is 0 Å². The van der Waals surface area contributed by atoms with Crippen LogP contribution < -0.4 is 11.1 Å². The van der Waals surface area contributed by atoms with Crippen molar-refractivity contribution in [2.45, 2.75) is 0 Å². The summed E-state index contributed by atoms with van der Waals surface area (Å²) in [5.41, 5.74) is 6.19. The van der Waals surface area contributed by atoms with Crippen LogP contribution in [-0.4, -0.2) is 10.1 Å². The van der Waals surface area contributed by atoms with Crippen LogP contribution in [0.25, 0.3) is 10.2 Å². The highest BCUT2D eigenvalue weighted by Gasteiger charge is 2.03. The zero-order chi connectivity index (χ0) is 10.1. The van der Waals surface area contributed by atoms with Crippen molar-refractivity contribution in [2.24, 2.45) is 5.73 Å². The second kappa shape index (κ2) is 3.68. The van der Waals surface area contributed by atoms with Crippen molar-refractivity contribution in [1.82, 2.24) is 4.98 Å². The molecule has 0 radical (unpaired) electrons. The number of nitrogens with one attached hydrogen (secondary N) is 1. The van der Waals surface area contributed by atoms with E-state index < -0.39 is 0 Å². The van der Waals surface area contributed by atoms with Gasteiger partial charge in [0.1, 0.15) is 0 Å². The summed E-state index contributed by atoms with van der Waals surface area (Å²) in [7, 11) is 0. The molecule has 1 aromatic carbocycles. The van der Waals surface area contributed by atoms with E-state index in [1.165, 1.54) is 11.3 Å². The lowest BCUT2D eigenvalue weighted by Gasteiger charge is -1.94. The van der Waals surface area contributed by atoms with Crippen LogP contribution in [0, 0.1) is 0 Å². The van der Waals surface area contributed by atoms with Crippen LogP contribution in [-0.2, 0) is 0 Å². The molecule has 3 nitrogen and oxygen atoms in total. The average Bonchev–Trinajstić information content (AvgIpc) is 2.44. The molecule has 0 unspecified atom stereocenters. The van der Waals surface area contributed by atoms with Gasteiger partial charge in [0.25, 0.3) is 0 Å². The van der Waals surface area contributed by atoms with E-state index in [4.69, 9.17) is 29.6 Å². The Balaban J connectivity index is 2.46. The fourth-order valence-corrected chi connectivity index (χ4v) is 2.25. The minimum atomic E-state index is 0.218. The van der Waals surface area contributed by atoms with E-state index in [1.54, 1.807) is 6.07 Å². The molecule has 72 valence electrons. The minimum absolute atomic E-state index is 0.218. The number of thiazole rings is 1. The summed E-state index contributed by atoms with van der Waals surface area (Å²) in [6, 6.07) is 5.55. The molecule has 0 saturated carbocycles. The predicted octanol–water partition coefficient (Wildman–Crippen LogP) is 2.61. The Morgan fingerprint density at radius 2 is 2.36 bits per heavy atom. The van der Waals surface area contributed by atoms with Gasteiger partial charge in [-0.15, -0.1) is 0 Å². The van der Waals surface area contributed by atoms with Crippen LogP contribution in [0.15, 0.2) is 18.2 Å². The summed E-state index contributed by atoms with van der Waals surface area (Å²) >= 11 is 12.0. The molecule has 0 saturated heterocycles. The third-order valence-corrected chi connectivity index (χ3v) is 2.87. The van der Waals surface area contributed by atoms with E-state index in [9.17, 15) is 0 Å². The van der Waals surface area contributed by atoms with Gasteiger partial charge in [-0.25, -0.2) is 4.98 Å². The number of fused-ring (bicyclic) bond motifs is 1. The minimum Gasteiger partial charge on any atom is -0.376 e. The first-order valence-electron chi connectivity index (χ1n) is 3.78. The number of hydrogen-bond donors (Lipinski definition) is 2. The van der Waals surface area contributed by atoms with Gasteiger partial charge < -0.3 is 11.1 Å². The SMILES string of the molecule is NC(=S)Nc1nc2cc(Cl)ccc2s1. The maximum absolute atomic E-state index is 5.83. The molecule has 6 heteroatoms. The Morgan fingerprint density at radius 1 is 1.57 bits per heavy atom. The van der Waals surface area contributed by atoms with E-state index in [1.807, 2.05) is 12.1 Å². The van der Waals surface area contributed by atoms with Crippen LogP contribution in [0.1, 0.15) is 0 Å². The van der Waals surface area contributed by atoms with Gasteiger partial charge in [-0.3, -0.25) is 0 Å². The molecular weight excluding hydrogens is 238 g/mol. The molecule has 14 heavy (non-hydrogen) atoms. The number of nitrogens with two attached hydrogens (primary N) is 1. The van der Waals surface area contributed by atoms with Crippen molar-refractivity contribution in [3.05, 3.63) is 23.2 Å². The third kappa shape index (κ3) is 1.95. The first-order chi connectivity index (χ1) is 6.65. The van der Waals surface area contributed by atoms with E-state index in [-0.39, 0.29) is 5.11 Å². The Bertz CT molecular complexity index is 494. The van der Waals surface area contributed by atoms with E-state index in [0.717, 1.165) is 10.2 Å². The monoisotopic (exact) mass is 243 g/mol. The third-order valence-electron chi connectivity index (χ3n) is 1.58. The smallest absolute Gasteiger partial charge is 0.190 e. The number of aromatic nitrogens is 1. The predicted molar refractivity (Wildman–Crippen MR) is 65.0 cm³/mol. The van der Waals surface area contributed by atoms with E-state index in [0.29, 0.717) is 10.2 Å². The van der Waals surface area contributed by atoms with Crippen LogP contribution >= 0.6 is 35.2 Å². The van der Waals surface area contributed by atoms with Crippen LogP contribution in [0.3, 0.4) is 0 Å². The summed E-state index contributed by atoms with van der Waals surface area (Å²) < 4.78 is 1.05. The Morgan fingerprint density at radius 3 is 3.07 bits per heavy atom. The Kier molecular flexibility index (Phi) is 2.54. The molecule has 2 rings (SSSR count). The zero-order valence-electron chi connectivity index (χ0n) is 6.95. The molecule has 0 aliphatic heterocycles. The second-order valence-electron chi connectivity index (χ2n) is 2.62. The lowest BCUT2D eigenvalue weighted by molar-refractivity contribution is 1.47. The van der Waals surface area contributed by atoms with Gasteiger partial charge in [0.15, 0.2) is 10.2 Å². The number of halogens is 1. The van der Waals surface area contributed by atoms with Gasteiger partial charge in [-0.2, -0.15) is 0 Å². The van der Waals surface area contributed by atoms with Gasteiger partial charge in [-0.05, 0) is 30.4 Å². The lowest BCUT2D eigenvalue weighted by Crippen LogP contribution is -2.18. The van der Waals surface area contributed by atoms with Crippen molar-refractivity contribution in [3.8, 4) is 0 Å². The molecule has 1 aromatic heterocycles. The average molecular weight is 244 g/mol. The molecule has 0 aliphatic rings. The van der Waals surface area contributed by atoms with Crippen molar-refractivity contribution >= 4 is 55.6 Å². The number of thiocarbonyl (C=S) groups is 1. The number of rotatable bonds is 1. The number of nitrogens with zero attached hydrogens (tertiary/aromatic N) is 1. The normalized spacial score (nSPS) is 10.4. The van der Waals surface area contributed by atoms with Gasteiger partial charge in [0, 0.05) is 5.02 Å². The summed E-state index contributed by atoms with van der Waals surface area (Å²) in [5, 5.41) is 4.37. The van der Waals surface area contributed by atoms with E-state index in [2.05, 4.69) is 10.3 Å². The van der Waals surface area contributed by atoms with Gasteiger partial charge in [0.05, 0.1) is 10.2 Å². The number of hydrogen-bond acceptors (Lipinski definition) is 3. The Hall–Kier alpha value is -0.910. The zero-order valence-corrected chi connectivity index (χ0v) is 9.34. The second-order valence-corrected chi connectivity index (χ2v) is 4.53. The van der Waals surface area contributed by atoms with Crippen molar-refractivity contribution in [2.75, 3.05) is 5.32 Å². The fourth-order valence-electron chi connectivity index (χ4n) is 1.06. The maximum atomic E-state index is 5.83. The first kappa shape index (κ1) is 9.64. The molecule has 0 amide bonds. The van der Waals surface area contributed by atoms with Crippen molar-refractivity contribution < 1.29 is 0 Å². The molecule has 1 heterocycles. The van der Waals surface area contributed by atoms with Gasteiger partial charge in [0.2, 0.25) is 0 Å². The number of benzene rings is 1. The standard InChI is InChI=1S/C8H6ClN3S2/c9-4-1-2-6-5(3-4)11-8(14-6)12-7(10)13/h1-3H,(H3,10,11,12,13). The summed E-state index contributed by atoms with van der Waals surface area (Å²) in [5.74, 6) is 0. The topological polar surface area (TPSA) is 50.9 Å². The number of anilines is 1.